The molecule has 8 heteroatoms. The van der Waals surface area contributed by atoms with Crippen molar-refractivity contribution < 1.29 is 39.5 Å². The average Bonchev–Trinajstić information content (AvgIpc) is 2.52. The molecule has 90 valence electrons. The molecule has 0 amide bonds. The molecule has 0 atom stereocenters. The number of aromatic amines is 1. The smallest absolute Gasteiger partial charge is 0.550 e. The molecule has 0 aliphatic rings. The molecule has 1 heterocycles. The Hall–Kier alpha value is 0.390. The van der Waals surface area contributed by atoms with Crippen LogP contribution in [0.5, 0.6) is 0 Å². The number of aliphatic carboxylic acids is 1. The maximum absolute atomic E-state index is 10.5. The number of halogens is 4. The predicted molar refractivity (Wildman–Crippen MR) is 67.0 cm³/mol. The van der Waals surface area contributed by atoms with Crippen LogP contribution in [0.4, 0.5) is 0 Å². The van der Waals surface area contributed by atoms with E-state index in [9.17, 15) is 9.90 Å². The van der Waals surface area contributed by atoms with E-state index in [1.54, 1.807) is 0 Å². The molecule has 0 aliphatic carbocycles. The Kier molecular flexibility index (Phi) is 5.69. The molecule has 0 bridgehead atoms. The van der Waals surface area contributed by atoms with Crippen LogP contribution in [0.3, 0.4) is 0 Å². The molecule has 2 rings (SSSR count). The van der Waals surface area contributed by atoms with E-state index in [0.29, 0.717) is 16.6 Å². The van der Waals surface area contributed by atoms with E-state index >= 15 is 0 Å². The summed E-state index contributed by atoms with van der Waals surface area (Å²) < 4.78 is 0. The number of H-pyrrole nitrogens is 1. The summed E-state index contributed by atoms with van der Waals surface area (Å²) in [5, 5.41) is 11.9. The molecule has 0 unspecified atom stereocenters. The number of carbonyl (C=O) groups excluding carboxylic acids is 1. The van der Waals surface area contributed by atoms with Gasteiger partial charge in [0.1, 0.15) is 0 Å². The Bertz CT molecular complexity index is 626. The summed E-state index contributed by atoms with van der Waals surface area (Å²) >= 11 is 23.8. The Morgan fingerprint density at radius 3 is 2.33 bits per heavy atom. The van der Waals surface area contributed by atoms with E-state index in [0.717, 1.165) is 0 Å². The van der Waals surface area contributed by atoms with Gasteiger partial charge in [-0.25, -0.2) is 0 Å². The molecule has 3 nitrogen and oxygen atoms in total. The van der Waals surface area contributed by atoms with Gasteiger partial charge < -0.3 is 14.9 Å². The Labute approximate surface area is 145 Å². The van der Waals surface area contributed by atoms with Gasteiger partial charge in [0.15, 0.2) is 0 Å². The number of aromatic nitrogens is 1. The second-order valence-corrected chi connectivity index (χ2v) is 4.92. The summed E-state index contributed by atoms with van der Waals surface area (Å²) in [7, 11) is 0. The van der Waals surface area contributed by atoms with Crippen LogP contribution in [0, 0.1) is 0 Å². The van der Waals surface area contributed by atoms with E-state index in [2.05, 4.69) is 4.98 Å². The minimum Gasteiger partial charge on any atom is -0.550 e. The molecule has 0 fully saturated rings. The normalized spacial score (nSPS) is 10.4. The van der Waals surface area contributed by atoms with Crippen molar-refractivity contribution in [2.45, 2.75) is 6.42 Å². The van der Waals surface area contributed by atoms with E-state index in [1.165, 1.54) is 6.07 Å². The van der Waals surface area contributed by atoms with Crippen LogP contribution in [-0.4, -0.2) is 11.0 Å². The Morgan fingerprint density at radius 2 is 1.78 bits per heavy atom. The van der Waals surface area contributed by atoms with Gasteiger partial charge in [0.25, 0.3) is 0 Å². The number of hydrogen-bond donors (Lipinski definition) is 1. The first-order valence-corrected chi connectivity index (χ1v) is 5.96. The summed E-state index contributed by atoms with van der Waals surface area (Å²) in [6.07, 6.45) is -0.334. The number of nitrogens with one attached hydrogen (secondary N) is 1. The van der Waals surface area contributed by atoms with Gasteiger partial charge in [0.05, 0.1) is 25.6 Å². The van der Waals surface area contributed by atoms with E-state index in [-0.39, 0.29) is 56.1 Å². The number of carboxylic acid groups (broad SMARTS) is 1. The topological polar surface area (TPSA) is 55.9 Å². The molecule has 0 saturated carbocycles. The maximum atomic E-state index is 10.5. The van der Waals surface area contributed by atoms with E-state index in [1.807, 2.05) is 0 Å². The molecule has 1 N–H and O–H groups in total. The Balaban J connectivity index is 0.00000162. The first-order chi connectivity index (χ1) is 7.91. The molecule has 0 saturated heterocycles. The van der Waals surface area contributed by atoms with Crippen molar-refractivity contribution in [2.75, 3.05) is 0 Å². The molecule has 0 aliphatic heterocycles. The molecule has 18 heavy (non-hydrogen) atoms. The molecule has 0 spiro atoms. The van der Waals surface area contributed by atoms with Crippen LogP contribution < -0.4 is 34.7 Å². The van der Waals surface area contributed by atoms with Gasteiger partial charge in [-0.3, -0.25) is 0 Å². The largest absolute Gasteiger partial charge is 1.00 e. The number of carbonyl (C=O) groups is 1. The first-order valence-electron chi connectivity index (χ1n) is 4.45. The summed E-state index contributed by atoms with van der Waals surface area (Å²) in [6.45, 7) is 0. The summed E-state index contributed by atoms with van der Waals surface area (Å²) in [6, 6.07) is 1.54. The molecule has 2 aromatic rings. The number of fused-ring (bicyclic) bond motifs is 1. The SMILES string of the molecule is O=C([O-])Cc1[nH]c2cc(Cl)c(Cl)c(Cl)c2c1Cl.[Na+]. The van der Waals surface area contributed by atoms with Gasteiger partial charge in [0.2, 0.25) is 0 Å². The molecule has 1 aromatic carbocycles. The second kappa shape index (κ2) is 6.23. The van der Waals surface area contributed by atoms with Gasteiger partial charge in [-0.1, -0.05) is 46.4 Å². The van der Waals surface area contributed by atoms with Gasteiger partial charge in [-0.15, -0.1) is 0 Å². The monoisotopic (exact) mass is 333 g/mol. The molecule has 0 radical (unpaired) electrons. The molecular formula is C10H4Cl4NNaO2. The maximum Gasteiger partial charge on any atom is 1.00 e. The quantitative estimate of drug-likeness (QED) is 0.624. The fraction of sp³-hybridized carbons (Fsp3) is 0.100. The zero-order valence-corrected chi connectivity index (χ0v) is 14.1. The van der Waals surface area contributed by atoms with Gasteiger partial charge in [-0.05, 0) is 6.07 Å². The van der Waals surface area contributed by atoms with Crippen LogP contribution in [0.2, 0.25) is 20.1 Å². The summed E-state index contributed by atoms with van der Waals surface area (Å²) in [5.74, 6) is -1.24. The third-order valence-corrected chi connectivity index (χ3v) is 3.93. The van der Waals surface area contributed by atoms with Crippen LogP contribution in [0.25, 0.3) is 10.9 Å². The zero-order valence-electron chi connectivity index (χ0n) is 9.11. The number of carboxylic acids is 1. The second-order valence-electron chi connectivity index (χ2n) is 3.38. The number of rotatable bonds is 2. The van der Waals surface area contributed by atoms with Gasteiger partial charge >= 0.3 is 29.6 Å². The molecule has 1 aromatic heterocycles. The third kappa shape index (κ3) is 2.93. The summed E-state index contributed by atoms with van der Waals surface area (Å²) in [4.78, 5) is 13.4. The van der Waals surface area contributed by atoms with Crippen molar-refractivity contribution in [2.24, 2.45) is 0 Å². The fourth-order valence-corrected chi connectivity index (χ4v) is 2.60. The number of benzene rings is 1. The van der Waals surface area contributed by atoms with Crippen LogP contribution >= 0.6 is 46.4 Å². The average molecular weight is 335 g/mol. The Morgan fingerprint density at radius 1 is 1.17 bits per heavy atom. The third-order valence-electron chi connectivity index (χ3n) is 2.25. The van der Waals surface area contributed by atoms with Crippen molar-refractivity contribution in [1.82, 2.24) is 4.98 Å². The summed E-state index contributed by atoms with van der Waals surface area (Å²) in [5.41, 5.74) is 0.840. The minimum atomic E-state index is -1.24. The first kappa shape index (κ1) is 16.4. The van der Waals surface area contributed by atoms with Crippen molar-refractivity contribution in [1.29, 1.82) is 0 Å². The molecular weight excluding hydrogens is 331 g/mol. The standard InChI is InChI=1S/C10H5Cl4NO2.Na/c11-3-1-4-7(10(14)8(3)12)9(13)5(15-4)2-6(16)17;/h1,15H,2H2,(H,16,17);/q;+1/p-1. The van der Waals surface area contributed by atoms with Crippen molar-refractivity contribution in [3.8, 4) is 0 Å². The number of hydrogen-bond acceptors (Lipinski definition) is 2. The van der Waals surface area contributed by atoms with E-state index in [4.69, 9.17) is 46.4 Å². The predicted octanol–water partition coefficient (Wildman–Crippen LogP) is 0.0779. The van der Waals surface area contributed by atoms with Gasteiger partial charge in [-0.2, -0.15) is 0 Å². The van der Waals surface area contributed by atoms with E-state index < -0.39 is 5.97 Å². The van der Waals surface area contributed by atoms with Crippen LogP contribution in [0.15, 0.2) is 6.07 Å². The van der Waals surface area contributed by atoms with Crippen LogP contribution in [-0.2, 0) is 11.2 Å². The van der Waals surface area contributed by atoms with Crippen molar-refractivity contribution >= 4 is 63.3 Å². The van der Waals surface area contributed by atoms with Gasteiger partial charge in [0, 0.05) is 23.5 Å². The van der Waals surface area contributed by atoms with Crippen molar-refractivity contribution in [3.63, 3.8) is 0 Å². The fourth-order valence-electron chi connectivity index (χ4n) is 1.54. The zero-order chi connectivity index (χ0) is 12.7. The van der Waals surface area contributed by atoms with Crippen LogP contribution in [0.1, 0.15) is 5.69 Å². The minimum absolute atomic E-state index is 0. The van der Waals surface area contributed by atoms with Crippen molar-refractivity contribution in [3.05, 3.63) is 31.9 Å².